The van der Waals surface area contributed by atoms with Crippen molar-refractivity contribution in [2.75, 3.05) is 7.05 Å². The van der Waals surface area contributed by atoms with Crippen molar-refractivity contribution in [2.45, 2.75) is 17.9 Å². The Morgan fingerprint density at radius 1 is 1.15 bits per heavy atom. The molecule has 27 heavy (non-hydrogen) atoms. The Bertz CT molecular complexity index is 967. The molecular formula is C18H19N3O5S. The normalized spacial score (nSPS) is 12.7. The highest BCUT2D eigenvalue weighted by molar-refractivity contribution is 7.89. The predicted octanol–water partition coefficient (Wildman–Crippen LogP) is 2.48. The molecule has 8 nitrogen and oxygen atoms in total. The Kier molecular flexibility index (Phi) is 6.09. The molecule has 2 rings (SSSR count). The van der Waals surface area contributed by atoms with Gasteiger partial charge in [0.1, 0.15) is 0 Å². The van der Waals surface area contributed by atoms with E-state index in [0.717, 1.165) is 5.56 Å². The molecule has 2 aromatic rings. The summed E-state index contributed by atoms with van der Waals surface area (Å²) in [5, 5.41) is 15.7. The van der Waals surface area contributed by atoms with Crippen molar-refractivity contribution in [1.29, 1.82) is 0 Å². The molecule has 1 unspecified atom stereocenters. The molecular weight excluding hydrogens is 370 g/mol. The summed E-state index contributed by atoms with van der Waals surface area (Å²) in [7, 11) is -2.14. The molecule has 0 aliphatic heterocycles. The van der Waals surface area contributed by atoms with Gasteiger partial charge >= 0.3 is 0 Å². The maximum absolute atomic E-state index is 12.3. The summed E-state index contributed by atoms with van der Waals surface area (Å²) in [6.07, 6.45) is 2.94. The predicted molar refractivity (Wildman–Crippen MR) is 101 cm³/mol. The lowest BCUT2D eigenvalue weighted by molar-refractivity contribution is -0.384. The zero-order valence-electron chi connectivity index (χ0n) is 14.8. The average molecular weight is 389 g/mol. The number of nitro benzene ring substituents is 1. The van der Waals surface area contributed by atoms with Crippen molar-refractivity contribution in [1.82, 2.24) is 4.90 Å². The van der Waals surface area contributed by atoms with Gasteiger partial charge in [0.25, 0.3) is 5.69 Å². The number of rotatable bonds is 6. The average Bonchev–Trinajstić information content (AvgIpc) is 2.64. The summed E-state index contributed by atoms with van der Waals surface area (Å²) in [4.78, 5) is 24.0. The van der Waals surface area contributed by atoms with E-state index < -0.39 is 14.9 Å². The molecule has 1 amide bonds. The van der Waals surface area contributed by atoms with Crippen LogP contribution in [0.1, 0.15) is 24.1 Å². The van der Waals surface area contributed by atoms with Crippen LogP contribution in [0, 0.1) is 10.1 Å². The number of carbonyl (C=O) groups excluding carboxylic acids is 1. The first-order valence-electron chi connectivity index (χ1n) is 7.91. The molecule has 0 bridgehead atoms. The van der Waals surface area contributed by atoms with Crippen LogP contribution in [0.3, 0.4) is 0 Å². The summed E-state index contributed by atoms with van der Waals surface area (Å²) < 4.78 is 22.6. The lowest BCUT2D eigenvalue weighted by atomic mass is 10.1. The fraction of sp³-hybridized carbons (Fsp3) is 0.167. The first kappa shape index (κ1) is 20.3. The highest BCUT2D eigenvalue weighted by Crippen LogP contribution is 2.21. The highest BCUT2D eigenvalue weighted by Gasteiger charge is 2.16. The SMILES string of the molecule is CC(c1ccc(S(N)(=O)=O)cc1)N(C)C(=O)/C=C/c1ccc([N+](=O)[O-])cc1. The van der Waals surface area contributed by atoms with Crippen LogP contribution in [0.15, 0.2) is 59.5 Å². The first-order chi connectivity index (χ1) is 12.6. The minimum Gasteiger partial charge on any atom is -0.335 e. The number of non-ortho nitro benzene ring substituents is 1. The van der Waals surface area contributed by atoms with Crippen LogP contribution >= 0.6 is 0 Å². The van der Waals surface area contributed by atoms with Gasteiger partial charge in [0.15, 0.2) is 0 Å². The van der Waals surface area contributed by atoms with E-state index in [1.54, 1.807) is 37.4 Å². The third kappa shape index (κ3) is 5.22. The summed E-state index contributed by atoms with van der Waals surface area (Å²) in [5.74, 6) is -0.267. The van der Waals surface area contributed by atoms with E-state index in [2.05, 4.69) is 0 Å². The van der Waals surface area contributed by atoms with Crippen molar-refractivity contribution >= 4 is 27.7 Å². The maximum atomic E-state index is 12.3. The topological polar surface area (TPSA) is 124 Å². The second-order valence-corrected chi connectivity index (χ2v) is 7.48. The Morgan fingerprint density at radius 2 is 1.70 bits per heavy atom. The molecule has 0 spiro atoms. The van der Waals surface area contributed by atoms with Gasteiger partial charge in [-0.1, -0.05) is 12.1 Å². The number of likely N-dealkylation sites (N-methyl/N-ethyl adjacent to an activating group) is 1. The number of hydrogen-bond acceptors (Lipinski definition) is 5. The molecule has 0 aromatic heterocycles. The molecule has 0 aliphatic rings. The standard InChI is InChI=1S/C18H19N3O5S/c1-13(15-6-10-17(11-7-15)27(19,25)26)20(2)18(22)12-5-14-3-8-16(9-4-14)21(23)24/h3-13H,1-2H3,(H2,19,25,26)/b12-5+. The molecule has 0 saturated heterocycles. The van der Waals surface area contributed by atoms with Gasteiger partial charge in [0, 0.05) is 25.3 Å². The van der Waals surface area contributed by atoms with Crippen LogP contribution < -0.4 is 5.14 Å². The number of sulfonamides is 1. The number of primary sulfonamides is 1. The molecule has 0 radical (unpaired) electrons. The second kappa shape index (κ2) is 8.11. The van der Waals surface area contributed by atoms with E-state index in [0.29, 0.717) is 5.56 Å². The number of nitrogens with zero attached hydrogens (tertiary/aromatic N) is 2. The highest BCUT2D eigenvalue weighted by atomic mass is 32.2. The number of nitrogens with two attached hydrogens (primary N) is 1. The number of nitro groups is 1. The van der Waals surface area contributed by atoms with E-state index in [1.165, 1.54) is 35.2 Å². The van der Waals surface area contributed by atoms with E-state index in [1.807, 2.05) is 6.92 Å². The van der Waals surface area contributed by atoms with Gasteiger partial charge in [-0.25, -0.2) is 13.6 Å². The van der Waals surface area contributed by atoms with Crippen molar-refractivity contribution < 1.29 is 18.1 Å². The van der Waals surface area contributed by atoms with Crippen molar-refractivity contribution in [3.05, 3.63) is 75.8 Å². The van der Waals surface area contributed by atoms with Gasteiger partial charge in [0.2, 0.25) is 15.9 Å². The van der Waals surface area contributed by atoms with Crippen molar-refractivity contribution in [3.63, 3.8) is 0 Å². The van der Waals surface area contributed by atoms with Gasteiger partial charge in [-0.2, -0.15) is 0 Å². The molecule has 0 saturated carbocycles. The molecule has 2 aromatic carbocycles. The van der Waals surface area contributed by atoms with Crippen LogP contribution in [-0.4, -0.2) is 31.2 Å². The third-order valence-electron chi connectivity index (χ3n) is 4.14. The van der Waals surface area contributed by atoms with Gasteiger partial charge in [-0.05, 0) is 48.4 Å². The molecule has 142 valence electrons. The van der Waals surface area contributed by atoms with Gasteiger partial charge < -0.3 is 4.90 Å². The van der Waals surface area contributed by atoms with Crippen LogP contribution in [-0.2, 0) is 14.8 Å². The van der Waals surface area contributed by atoms with Crippen molar-refractivity contribution in [2.24, 2.45) is 5.14 Å². The van der Waals surface area contributed by atoms with Crippen molar-refractivity contribution in [3.8, 4) is 0 Å². The Hall–Kier alpha value is -3.04. The van der Waals surface area contributed by atoms with Gasteiger partial charge in [0.05, 0.1) is 15.9 Å². The van der Waals surface area contributed by atoms with Crippen LogP contribution in [0.4, 0.5) is 5.69 Å². The number of amides is 1. The number of carbonyl (C=O) groups is 1. The molecule has 0 heterocycles. The van der Waals surface area contributed by atoms with E-state index in [9.17, 15) is 23.3 Å². The minimum atomic E-state index is -3.76. The molecule has 1 atom stereocenters. The maximum Gasteiger partial charge on any atom is 0.269 e. The molecule has 2 N–H and O–H groups in total. The van der Waals surface area contributed by atoms with Crippen LogP contribution in [0.5, 0.6) is 0 Å². The summed E-state index contributed by atoms with van der Waals surface area (Å²) in [5.41, 5.74) is 1.39. The second-order valence-electron chi connectivity index (χ2n) is 5.92. The zero-order chi connectivity index (χ0) is 20.2. The van der Waals surface area contributed by atoms with E-state index in [4.69, 9.17) is 5.14 Å². The summed E-state index contributed by atoms with van der Waals surface area (Å²) in [6.45, 7) is 1.81. The fourth-order valence-electron chi connectivity index (χ4n) is 2.34. The Morgan fingerprint density at radius 3 is 2.19 bits per heavy atom. The zero-order valence-corrected chi connectivity index (χ0v) is 15.6. The lowest BCUT2D eigenvalue weighted by Crippen LogP contribution is -2.28. The summed E-state index contributed by atoms with van der Waals surface area (Å²) >= 11 is 0. The first-order valence-corrected chi connectivity index (χ1v) is 9.46. The van der Waals surface area contributed by atoms with E-state index >= 15 is 0 Å². The molecule has 0 fully saturated rings. The number of benzene rings is 2. The third-order valence-corrected chi connectivity index (χ3v) is 5.07. The lowest BCUT2D eigenvalue weighted by Gasteiger charge is -2.24. The molecule has 9 heteroatoms. The molecule has 0 aliphatic carbocycles. The smallest absolute Gasteiger partial charge is 0.269 e. The summed E-state index contributed by atoms with van der Waals surface area (Å²) in [6, 6.07) is 11.5. The van der Waals surface area contributed by atoms with Gasteiger partial charge in [-0.3, -0.25) is 14.9 Å². The van der Waals surface area contributed by atoms with Crippen LogP contribution in [0.25, 0.3) is 6.08 Å². The fourth-order valence-corrected chi connectivity index (χ4v) is 2.86. The largest absolute Gasteiger partial charge is 0.335 e. The van der Waals surface area contributed by atoms with Crippen LogP contribution in [0.2, 0.25) is 0 Å². The minimum absolute atomic E-state index is 0.00509. The van der Waals surface area contributed by atoms with E-state index in [-0.39, 0.29) is 22.5 Å². The quantitative estimate of drug-likeness (QED) is 0.462. The monoisotopic (exact) mass is 389 g/mol. The number of hydrogen-bond donors (Lipinski definition) is 1. The Labute approximate surface area is 157 Å². The van der Waals surface area contributed by atoms with Gasteiger partial charge in [-0.15, -0.1) is 0 Å². The Balaban J connectivity index is 2.08.